The first-order valence-electron chi connectivity index (χ1n) is 7.60. The van der Waals surface area contributed by atoms with E-state index in [1.54, 1.807) is 25.3 Å². The fourth-order valence-electron chi connectivity index (χ4n) is 2.55. The highest BCUT2D eigenvalue weighted by molar-refractivity contribution is 7.89. The molecule has 0 saturated carbocycles. The molecule has 1 saturated heterocycles. The Morgan fingerprint density at radius 1 is 1.32 bits per heavy atom. The van der Waals surface area contributed by atoms with Crippen LogP contribution in [0.4, 0.5) is 0 Å². The van der Waals surface area contributed by atoms with Crippen molar-refractivity contribution in [2.75, 3.05) is 46.4 Å². The average molecular weight is 327 g/mol. The summed E-state index contributed by atoms with van der Waals surface area (Å²) in [6, 6.07) is 4.90. The van der Waals surface area contributed by atoms with Gasteiger partial charge in [0, 0.05) is 32.7 Å². The Hall–Kier alpha value is -1.15. The summed E-state index contributed by atoms with van der Waals surface area (Å²) in [6.07, 6.45) is 0.814. The number of benzene rings is 1. The van der Waals surface area contributed by atoms with Gasteiger partial charge in [-0.1, -0.05) is 0 Å². The van der Waals surface area contributed by atoms with Crippen molar-refractivity contribution in [3.63, 3.8) is 0 Å². The number of rotatable bonds is 7. The van der Waals surface area contributed by atoms with E-state index in [4.69, 9.17) is 4.74 Å². The minimum absolute atomic E-state index is 0.285. The van der Waals surface area contributed by atoms with Gasteiger partial charge in [0.15, 0.2) is 0 Å². The second-order valence-corrected chi connectivity index (χ2v) is 7.24. The first-order valence-corrected chi connectivity index (χ1v) is 9.08. The lowest BCUT2D eigenvalue weighted by molar-refractivity contribution is 0.239. The SMILES string of the molecule is COc1ccc(S(=O)(=O)NCCCN2CCNCC2)cc1C. The normalized spacial score (nSPS) is 16.6. The highest BCUT2D eigenvalue weighted by atomic mass is 32.2. The molecule has 124 valence electrons. The molecule has 1 aromatic rings. The third-order valence-corrected chi connectivity index (χ3v) is 5.29. The van der Waals surface area contributed by atoms with Gasteiger partial charge in [0.25, 0.3) is 0 Å². The van der Waals surface area contributed by atoms with Crippen molar-refractivity contribution < 1.29 is 13.2 Å². The zero-order chi connectivity index (χ0) is 16.0. The summed E-state index contributed by atoms with van der Waals surface area (Å²) in [4.78, 5) is 2.63. The Morgan fingerprint density at radius 3 is 2.68 bits per heavy atom. The van der Waals surface area contributed by atoms with Crippen molar-refractivity contribution in [3.8, 4) is 5.75 Å². The fraction of sp³-hybridized carbons (Fsp3) is 0.600. The van der Waals surface area contributed by atoms with Crippen LogP contribution < -0.4 is 14.8 Å². The number of methoxy groups -OCH3 is 1. The number of piperazine rings is 1. The number of hydrogen-bond acceptors (Lipinski definition) is 5. The van der Waals surface area contributed by atoms with Crippen LogP contribution >= 0.6 is 0 Å². The topological polar surface area (TPSA) is 70.7 Å². The van der Waals surface area contributed by atoms with Crippen LogP contribution in [-0.4, -0.2) is 59.7 Å². The molecule has 0 spiro atoms. The zero-order valence-electron chi connectivity index (χ0n) is 13.3. The molecule has 1 aliphatic rings. The largest absolute Gasteiger partial charge is 0.496 e. The van der Waals surface area contributed by atoms with Crippen LogP contribution in [0.2, 0.25) is 0 Å². The Balaban J connectivity index is 1.84. The number of sulfonamides is 1. The van der Waals surface area contributed by atoms with Gasteiger partial charge in [0.1, 0.15) is 5.75 Å². The number of nitrogens with one attached hydrogen (secondary N) is 2. The van der Waals surface area contributed by atoms with Gasteiger partial charge in [0.05, 0.1) is 12.0 Å². The summed E-state index contributed by atoms with van der Waals surface area (Å²) < 4.78 is 32.3. The van der Waals surface area contributed by atoms with Crippen LogP contribution in [0.15, 0.2) is 23.1 Å². The van der Waals surface area contributed by atoms with Crippen molar-refractivity contribution in [2.45, 2.75) is 18.2 Å². The van der Waals surface area contributed by atoms with E-state index >= 15 is 0 Å². The molecule has 22 heavy (non-hydrogen) atoms. The van der Waals surface area contributed by atoms with Crippen LogP contribution in [0.25, 0.3) is 0 Å². The minimum Gasteiger partial charge on any atom is -0.496 e. The molecule has 0 aromatic heterocycles. The lowest BCUT2D eigenvalue weighted by Gasteiger charge is -2.27. The van der Waals surface area contributed by atoms with Gasteiger partial charge in [-0.15, -0.1) is 0 Å². The van der Waals surface area contributed by atoms with Crippen LogP contribution in [0.3, 0.4) is 0 Å². The quantitative estimate of drug-likeness (QED) is 0.717. The van der Waals surface area contributed by atoms with Gasteiger partial charge >= 0.3 is 0 Å². The van der Waals surface area contributed by atoms with Crippen molar-refractivity contribution in [1.82, 2.24) is 14.9 Å². The molecule has 7 heteroatoms. The second kappa shape index (κ2) is 7.92. The molecule has 6 nitrogen and oxygen atoms in total. The molecule has 1 heterocycles. The molecule has 2 rings (SSSR count). The first-order chi connectivity index (χ1) is 10.5. The molecule has 2 N–H and O–H groups in total. The van der Waals surface area contributed by atoms with E-state index in [0.29, 0.717) is 12.3 Å². The van der Waals surface area contributed by atoms with Gasteiger partial charge < -0.3 is 15.0 Å². The maximum Gasteiger partial charge on any atom is 0.240 e. The molecule has 0 atom stereocenters. The van der Waals surface area contributed by atoms with E-state index < -0.39 is 10.0 Å². The highest BCUT2D eigenvalue weighted by Gasteiger charge is 2.15. The van der Waals surface area contributed by atoms with Crippen molar-refractivity contribution >= 4 is 10.0 Å². The van der Waals surface area contributed by atoms with Crippen LogP contribution in [0, 0.1) is 6.92 Å². The fourth-order valence-corrected chi connectivity index (χ4v) is 3.70. The van der Waals surface area contributed by atoms with E-state index in [9.17, 15) is 8.42 Å². The number of ether oxygens (including phenoxy) is 1. The molecule has 0 bridgehead atoms. The summed E-state index contributed by atoms with van der Waals surface area (Å²) >= 11 is 0. The molecule has 0 aliphatic carbocycles. The third-order valence-electron chi connectivity index (χ3n) is 3.83. The van der Waals surface area contributed by atoms with E-state index in [1.807, 2.05) is 6.92 Å². The van der Waals surface area contributed by atoms with Crippen LogP contribution in [-0.2, 0) is 10.0 Å². The predicted octanol–water partition coefficient (Wildman–Crippen LogP) is 0.577. The van der Waals surface area contributed by atoms with E-state index in [0.717, 1.165) is 44.7 Å². The van der Waals surface area contributed by atoms with Crippen LogP contribution in [0.5, 0.6) is 5.75 Å². The van der Waals surface area contributed by atoms with Crippen molar-refractivity contribution in [2.24, 2.45) is 0 Å². The molecule has 1 aliphatic heterocycles. The van der Waals surface area contributed by atoms with Gasteiger partial charge in [-0.3, -0.25) is 0 Å². The van der Waals surface area contributed by atoms with Crippen molar-refractivity contribution in [3.05, 3.63) is 23.8 Å². The summed E-state index contributed by atoms with van der Waals surface area (Å²) in [5, 5.41) is 3.30. The Morgan fingerprint density at radius 2 is 2.05 bits per heavy atom. The van der Waals surface area contributed by atoms with Gasteiger partial charge in [-0.25, -0.2) is 13.1 Å². The smallest absolute Gasteiger partial charge is 0.240 e. The standard InChI is InChI=1S/C15H25N3O3S/c1-13-12-14(4-5-15(13)21-2)22(19,20)17-6-3-9-18-10-7-16-8-11-18/h4-5,12,16-17H,3,6-11H2,1-2H3. The predicted molar refractivity (Wildman–Crippen MR) is 86.8 cm³/mol. The molecule has 0 amide bonds. The Bertz CT molecular complexity index is 584. The molecular weight excluding hydrogens is 302 g/mol. The van der Waals surface area contributed by atoms with Crippen molar-refractivity contribution in [1.29, 1.82) is 0 Å². The number of nitrogens with zero attached hydrogens (tertiary/aromatic N) is 1. The van der Waals surface area contributed by atoms with Gasteiger partial charge in [0.2, 0.25) is 10.0 Å². The molecule has 1 fully saturated rings. The van der Waals surface area contributed by atoms with Gasteiger partial charge in [-0.2, -0.15) is 0 Å². The molecule has 0 radical (unpaired) electrons. The van der Waals surface area contributed by atoms with Gasteiger partial charge in [-0.05, 0) is 43.7 Å². The summed E-state index contributed by atoms with van der Waals surface area (Å²) in [7, 11) is -1.87. The highest BCUT2D eigenvalue weighted by Crippen LogP contribution is 2.21. The Kier molecular flexibility index (Phi) is 6.19. The zero-order valence-corrected chi connectivity index (χ0v) is 14.1. The minimum atomic E-state index is -3.45. The lowest BCUT2D eigenvalue weighted by atomic mass is 10.2. The Labute approximate surface area is 132 Å². The summed E-state index contributed by atoms with van der Waals surface area (Å²) in [5.41, 5.74) is 0.811. The summed E-state index contributed by atoms with van der Waals surface area (Å²) in [6.45, 7) is 7.30. The molecule has 0 unspecified atom stereocenters. The molecule has 1 aromatic carbocycles. The number of aryl methyl sites for hydroxylation is 1. The van der Waals surface area contributed by atoms with E-state index in [2.05, 4.69) is 14.9 Å². The lowest BCUT2D eigenvalue weighted by Crippen LogP contribution is -2.44. The third kappa shape index (κ3) is 4.67. The number of hydrogen-bond donors (Lipinski definition) is 2. The average Bonchev–Trinajstić information content (AvgIpc) is 2.52. The molecular formula is C15H25N3O3S. The summed E-state index contributed by atoms with van der Waals surface area (Å²) in [5.74, 6) is 0.692. The first kappa shape index (κ1) is 17.2. The monoisotopic (exact) mass is 327 g/mol. The van der Waals surface area contributed by atoms with E-state index in [-0.39, 0.29) is 4.90 Å². The maximum absolute atomic E-state index is 12.3. The maximum atomic E-state index is 12.3. The van der Waals surface area contributed by atoms with Crippen LogP contribution in [0.1, 0.15) is 12.0 Å². The second-order valence-electron chi connectivity index (χ2n) is 5.47. The van der Waals surface area contributed by atoms with E-state index in [1.165, 1.54) is 0 Å².